The van der Waals surface area contributed by atoms with E-state index < -0.39 is 11.9 Å². The van der Waals surface area contributed by atoms with Gasteiger partial charge in [0.15, 0.2) is 0 Å². The van der Waals surface area contributed by atoms with Crippen molar-refractivity contribution in [3.63, 3.8) is 0 Å². The van der Waals surface area contributed by atoms with Crippen molar-refractivity contribution >= 4 is 11.9 Å². The normalized spacial score (nSPS) is 17.1. The molecule has 2 rings (SSSR count). The molecule has 0 aromatic carbocycles. The van der Waals surface area contributed by atoms with E-state index in [1.807, 2.05) is 13.8 Å². The maximum absolute atomic E-state index is 12.3. The molecule has 1 aromatic heterocycles. The van der Waals surface area contributed by atoms with Crippen molar-refractivity contribution in [1.29, 1.82) is 0 Å². The van der Waals surface area contributed by atoms with E-state index in [2.05, 4.69) is 5.10 Å². The Morgan fingerprint density at radius 1 is 1.53 bits per heavy atom. The van der Waals surface area contributed by atoms with Crippen LogP contribution in [0.15, 0.2) is 6.07 Å². The van der Waals surface area contributed by atoms with Crippen molar-refractivity contribution in [2.75, 3.05) is 13.1 Å². The van der Waals surface area contributed by atoms with Gasteiger partial charge in [0.05, 0.1) is 11.6 Å². The van der Waals surface area contributed by atoms with E-state index in [4.69, 9.17) is 5.11 Å². The van der Waals surface area contributed by atoms with Gasteiger partial charge in [0.25, 0.3) is 5.91 Å². The van der Waals surface area contributed by atoms with Crippen LogP contribution >= 0.6 is 0 Å². The lowest BCUT2D eigenvalue weighted by Gasteiger charge is -2.41. The molecule has 104 valence electrons. The van der Waals surface area contributed by atoms with Crippen LogP contribution in [0.2, 0.25) is 0 Å². The minimum atomic E-state index is -0.799. The molecule has 1 aliphatic rings. The maximum Gasteiger partial charge on any atom is 0.306 e. The Morgan fingerprint density at radius 3 is 2.68 bits per heavy atom. The molecule has 0 radical (unpaired) electrons. The van der Waals surface area contributed by atoms with Crippen molar-refractivity contribution < 1.29 is 14.7 Å². The Kier molecular flexibility index (Phi) is 3.59. The summed E-state index contributed by atoms with van der Waals surface area (Å²) in [5.74, 6) is -1.20. The van der Waals surface area contributed by atoms with Crippen LogP contribution < -0.4 is 0 Å². The third kappa shape index (κ3) is 2.47. The number of aromatic nitrogens is 2. The second-order valence-electron chi connectivity index (χ2n) is 5.08. The Labute approximate surface area is 112 Å². The molecule has 1 N–H and O–H groups in total. The third-order valence-electron chi connectivity index (χ3n) is 3.71. The Balaban J connectivity index is 2.02. The van der Waals surface area contributed by atoms with Gasteiger partial charge in [0.1, 0.15) is 5.69 Å². The zero-order valence-corrected chi connectivity index (χ0v) is 11.5. The average Bonchev–Trinajstić information content (AvgIpc) is 2.68. The van der Waals surface area contributed by atoms with E-state index in [1.165, 1.54) is 0 Å². The summed E-state index contributed by atoms with van der Waals surface area (Å²) in [4.78, 5) is 24.8. The fraction of sp³-hybridized carbons (Fsp3) is 0.615. The standard InChI is InChI=1S/C13H19N3O3/c1-4-16-11(5-8(2)14-16)12(17)15-6-10(7-15)9(3)13(18)19/h5,9-10H,4,6-7H2,1-3H3,(H,18,19). The van der Waals surface area contributed by atoms with Gasteiger partial charge in [-0.05, 0) is 19.9 Å². The van der Waals surface area contributed by atoms with Crippen molar-refractivity contribution in [2.24, 2.45) is 11.8 Å². The summed E-state index contributed by atoms with van der Waals surface area (Å²) in [5, 5.41) is 13.2. The first-order chi connectivity index (χ1) is 8.93. The van der Waals surface area contributed by atoms with Crippen LogP contribution in [-0.2, 0) is 11.3 Å². The van der Waals surface area contributed by atoms with Crippen LogP contribution in [0.25, 0.3) is 0 Å². The highest BCUT2D eigenvalue weighted by atomic mass is 16.4. The first-order valence-electron chi connectivity index (χ1n) is 6.50. The lowest BCUT2D eigenvalue weighted by molar-refractivity contribution is -0.144. The molecule has 0 saturated carbocycles. The highest BCUT2D eigenvalue weighted by molar-refractivity contribution is 5.93. The largest absolute Gasteiger partial charge is 0.481 e. The lowest BCUT2D eigenvalue weighted by Crippen LogP contribution is -2.53. The third-order valence-corrected chi connectivity index (χ3v) is 3.71. The van der Waals surface area contributed by atoms with E-state index in [9.17, 15) is 9.59 Å². The zero-order valence-electron chi connectivity index (χ0n) is 11.5. The first kappa shape index (κ1) is 13.6. The van der Waals surface area contributed by atoms with Gasteiger partial charge in [-0.1, -0.05) is 6.92 Å². The van der Waals surface area contributed by atoms with Gasteiger partial charge >= 0.3 is 5.97 Å². The minimum Gasteiger partial charge on any atom is -0.481 e. The van der Waals surface area contributed by atoms with Crippen LogP contribution in [0.3, 0.4) is 0 Å². The highest BCUT2D eigenvalue weighted by Crippen LogP contribution is 2.25. The fourth-order valence-electron chi connectivity index (χ4n) is 2.32. The summed E-state index contributed by atoms with van der Waals surface area (Å²) < 4.78 is 1.69. The molecule has 0 aliphatic carbocycles. The summed E-state index contributed by atoms with van der Waals surface area (Å²) in [6.45, 7) is 7.16. The predicted molar refractivity (Wildman–Crippen MR) is 68.8 cm³/mol. The molecule has 0 bridgehead atoms. The summed E-state index contributed by atoms with van der Waals surface area (Å²) in [7, 11) is 0. The molecular formula is C13H19N3O3. The first-order valence-corrected chi connectivity index (χ1v) is 6.50. The number of likely N-dealkylation sites (tertiary alicyclic amines) is 1. The molecular weight excluding hydrogens is 246 g/mol. The van der Waals surface area contributed by atoms with E-state index in [0.29, 0.717) is 25.3 Å². The van der Waals surface area contributed by atoms with Gasteiger partial charge in [0, 0.05) is 25.6 Å². The number of amides is 1. The number of aliphatic carboxylic acids is 1. The monoisotopic (exact) mass is 265 g/mol. The van der Waals surface area contributed by atoms with Gasteiger partial charge in [-0.3, -0.25) is 14.3 Å². The van der Waals surface area contributed by atoms with Crippen LogP contribution in [-0.4, -0.2) is 44.8 Å². The minimum absolute atomic E-state index is 0.0561. The average molecular weight is 265 g/mol. The number of hydrogen-bond acceptors (Lipinski definition) is 3. The quantitative estimate of drug-likeness (QED) is 0.881. The summed E-state index contributed by atoms with van der Waals surface area (Å²) in [5.41, 5.74) is 1.41. The predicted octanol–water partition coefficient (Wildman–Crippen LogP) is 1.00. The number of carbonyl (C=O) groups excluding carboxylic acids is 1. The van der Waals surface area contributed by atoms with Gasteiger partial charge in [-0.25, -0.2) is 0 Å². The number of rotatable bonds is 4. The van der Waals surface area contributed by atoms with Crippen LogP contribution in [0, 0.1) is 18.8 Å². The summed E-state index contributed by atoms with van der Waals surface area (Å²) in [6.07, 6.45) is 0. The molecule has 1 aliphatic heterocycles. The zero-order chi connectivity index (χ0) is 14.2. The van der Waals surface area contributed by atoms with Crippen molar-refractivity contribution in [3.8, 4) is 0 Å². The van der Waals surface area contributed by atoms with Crippen LogP contribution in [0.4, 0.5) is 0 Å². The smallest absolute Gasteiger partial charge is 0.306 e. The van der Waals surface area contributed by atoms with E-state index in [0.717, 1.165) is 5.69 Å². The Morgan fingerprint density at radius 2 is 2.16 bits per heavy atom. The van der Waals surface area contributed by atoms with Gasteiger partial charge < -0.3 is 10.0 Å². The van der Waals surface area contributed by atoms with Crippen LogP contribution in [0.5, 0.6) is 0 Å². The SMILES string of the molecule is CCn1nc(C)cc1C(=O)N1CC(C(C)C(=O)O)C1. The molecule has 1 atom stereocenters. The molecule has 1 amide bonds. The Hall–Kier alpha value is -1.85. The number of nitrogens with zero attached hydrogens (tertiary/aromatic N) is 3. The number of carboxylic acids is 1. The molecule has 0 spiro atoms. The topological polar surface area (TPSA) is 75.4 Å². The van der Waals surface area contributed by atoms with Gasteiger partial charge in [0.2, 0.25) is 0 Å². The second-order valence-corrected chi connectivity index (χ2v) is 5.08. The van der Waals surface area contributed by atoms with Crippen LogP contribution in [0.1, 0.15) is 30.0 Å². The summed E-state index contributed by atoms with van der Waals surface area (Å²) >= 11 is 0. The van der Waals surface area contributed by atoms with Crippen molar-refractivity contribution in [1.82, 2.24) is 14.7 Å². The van der Waals surface area contributed by atoms with E-state index >= 15 is 0 Å². The molecule has 2 heterocycles. The number of aryl methyl sites for hydroxylation is 2. The lowest BCUT2D eigenvalue weighted by atomic mass is 9.87. The van der Waals surface area contributed by atoms with Crippen molar-refractivity contribution in [3.05, 3.63) is 17.5 Å². The van der Waals surface area contributed by atoms with Gasteiger partial charge in [-0.2, -0.15) is 5.10 Å². The van der Waals surface area contributed by atoms with Gasteiger partial charge in [-0.15, -0.1) is 0 Å². The number of hydrogen-bond donors (Lipinski definition) is 1. The Bertz CT molecular complexity index is 503. The fourth-order valence-corrected chi connectivity index (χ4v) is 2.32. The molecule has 1 saturated heterocycles. The van der Waals surface area contributed by atoms with E-state index in [-0.39, 0.29) is 11.8 Å². The van der Waals surface area contributed by atoms with Crippen molar-refractivity contribution in [2.45, 2.75) is 27.3 Å². The van der Waals surface area contributed by atoms with E-state index in [1.54, 1.807) is 22.6 Å². The molecule has 1 aromatic rings. The molecule has 1 unspecified atom stereocenters. The molecule has 1 fully saturated rings. The molecule has 6 nitrogen and oxygen atoms in total. The maximum atomic E-state index is 12.3. The highest BCUT2D eigenvalue weighted by Gasteiger charge is 2.38. The number of carboxylic acid groups (broad SMARTS) is 1. The molecule has 6 heteroatoms. The summed E-state index contributed by atoms with van der Waals surface area (Å²) in [6, 6.07) is 1.78. The second kappa shape index (κ2) is 5.03. The molecule has 19 heavy (non-hydrogen) atoms. The number of carbonyl (C=O) groups is 2.